The molecule has 182 valence electrons. The zero-order chi connectivity index (χ0) is 25.4. The Morgan fingerprint density at radius 3 is 2.51 bits per heavy atom. The van der Waals surface area contributed by atoms with Crippen LogP contribution in [0.5, 0.6) is 11.8 Å². The number of amides is 3. The Labute approximate surface area is 207 Å². The van der Waals surface area contributed by atoms with Gasteiger partial charge in [-0.15, -0.1) is 0 Å². The minimum absolute atomic E-state index is 0.123. The topological polar surface area (TPSA) is 128 Å². The highest BCUT2D eigenvalue weighted by Crippen LogP contribution is 2.28. The van der Waals surface area contributed by atoms with E-state index in [9.17, 15) is 19.7 Å². The van der Waals surface area contributed by atoms with E-state index in [2.05, 4.69) is 15.3 Å². The average Bonchev–Trinajstić information content (AvgIpc) is 2.84. The number of unbranched alkanes of at least 4 members (excludes halogenated alkanes) is 2. The first-order valence-corrected chi connectivity index (χ1v) is 11.3. The lowest BCUT2D eigenvalue weighted by atomic mass is 10.1. The van der Waals surface area contributed by atoms with Gasteiger partial charge in [0.2, 0.25) is 0 Å². The number of imide groups is 1. The number of nitro groups is 1. The number of hydrogen-bond acceptors (Lipinski definition) is 7. The molecule has 0 spiro atoms. The Morgan fingerprint density at radius 2 is 1.86 bits per heavy atom. The Hall–Kier alpha value is -4.05. The number of rotatable bonds is 9. The molecule has 0 unspecified atom stereocenters. The minimum atomic E-state index is -0.848. The molecule has 1 heterocycles. The number of halogens is 1. The molecule has 11 heteroatoms. The zero-order valence-corrected chi connectivity index (χ0v) is 20.0. The summed E-state index contributed by atoms with van der Waals surface area (Å²) in [6.45, 7) is 4.19. The first kappa shape index (κ1) is 25.6. The number of benzene rings is 2. The highest BCUT2D eigenvalue weighted by molar-refractivity contribution is 6.30. The number of nitrogens with one attached hydrogen (secondary N) is 1. The predicted octanol–water partition coefficient (Wildman–Crippen LogP) is 5.69. The Bertz CT molecular complexity index is 1220. The molecule has 3 aromatic rings. The molecule has 10 nitrogen and oxygen atoms in total. The fourth-order valence-electron chi connectivity index (χ4n) is 3.29. The maximum absolute atomic E-state index is 13.1. The van der Waals surface area contributed by atoms with Crippen LogP contribution in [0.1, 0.15) is 42.1 Å². The van der Waals surface area contributed by atoms with Crippen LogP contribution in [-0.4, -0.2) is 33.4 Å². The van der Waals surface area contributed by atoms with Crippen LogP contribution in [0.3, 0.4) is 0 Å². The highest BCUT2D eigenvalue weighted by Gasteiger charge is 2.24. The molecular weight excluding hydrogens is 474 g/mol. The Morgan fingerprint density at radius 1 is 1.14 bits per heavy atom. The van der Waals surface area contributed by atoms with Crippen LogP contribution in [0.2, 0.25) is 5.02 Å². The van der Waals surface area contributed by atoms with Crippen molar-refractivity contribution in [3.05, 3.63) is 81.1 Å². The van der Waals surface area contributed by atoms with E-state index in [1.165, 1.54) is 41.6 Å². The third-order valence-corrected chi connectivity index (χ3v) is 5.26. The second-order valence-corrected chi connectivity index (χ2v) is 8.06. The van der Waals surface area contributed by atoms with Gasteiger partial charge < -0.3 is 4.74 Å². The summed E-state index contributed by atoms with van der Waals surface area (Å²) in [5.74, 6) is -0.361. The van der Waals surface area contributed by atoms with Crippen molar-refractivity contribution in [3.8, 4) is 11.8 Å². The summed E-state index contributed by atoms with van der Waals surface area (Å²) in [5, 5.41) is 13.9. The number of hydrogen-bond donors (Lipinski definition) is 1. The minimum Gasteiger partial charge on any atom is -0.424 e. The van der Waals surface area contributed by atoms with Crippen LogP contribution in [0.25, 0.3) is 0 Å². The van der Waals surface area contributed by atoms with Gasteiger partial charge in [-0.3, -0.25) is 25.1 Å². The van der Waals surface area contributed by atoms with E-state index in [1.807, 2.05) is 6.92 Å². The standard InChI is InChI=1S/C24H24ClN5O5/c1-3-4-7-12-29(24(32)28-22(31)19-8-5-6-9-20(19)30(33)34)18-10-11-21(16(2)13-18)35-23-26-14-17(25)15-27-23/h5-6,8-11,13-15H,3-4,7,12H2,1-2H3,(H,28,31,32). The molecule has 3 rings (SSSR count). The molecule has 0 aliphatic carbocycles. The molecule has 2 aromatic carbocycles. The third kappa shape index (κ3) is 6.73. The number of aromatic nitrogens is 2. The molecule has 1 aromatic heterocycles. The van der Waals surface area contributed by atoms with E-state index in [0.717, 1.165) is 12.8 Å². The first-order valence-electron chi connectivity index (χ1n) is 10.9. The van der Waals surface area contributed by atoms with E-state index in [0.29, 0.717) is 35.0 Å². The zero-order valence-electron chi connectivity index (χ0n) is 19.2. The van der Waals surface area contributed by atoms with Crippen molar-refractivity contribution in [1.29, 1.82) is 0 Å². The van der Waals surface area contributed by atoms with Gasteiger partial charge in [-0.25, -0.2) is 14.8 Å². The summed E-state index contributed by atoms with van der Waals surface area (Å²) in [4.78, 5) is 45.8. The molecule has 35 heavy (non-hydrogen) atoms. The van der Waals surface area contributed by atoms with Crippen molar-refractivity contribution in [1.82, 2.24) is 15.3 Å². The predicted molar refractivity (Wildman–Crippen MR) is 131 cm³/mol. The van der Waals surface area contributed by atoms with Gasteiger partial charge in [0.15, 0.2) is 0 Å². The number of aryl methyl sites for hydroxylation is 1. The second-order valence-electron chi connectivity index (χ2n) is 7.63. The van der Waals surface area contributed by atoms with Gasteiger partial charge in [0.25, 0.3) is 11.6 Å². The lowest BCUT2D eigenvalue weighted by molar-refractivity contribution is -0.385. The second kappa shape index (κ2) is 11.9. The number of carbonyl (C=O) groups excluding carboxylic acids is 2. The van der Waals surface area contributed by atoms with Crippen LogP contribution in [0.15, 0.2) is 54.9 Å². The number of para-hydroxylation sites is 1. The molecule has 0 atom stereocenters. The van der Waals surface area contributed by atoms with Crippen LogP contribution < -0.4 is 15.0 Å². The normalized spacial score (nSPS) is 10.5. The number of nitro benzene ring substituents is 1. The molecule has 1 N–H and O–H groups in total. The Kier molecular flexibility index (Phi) is 8.69. The van der Waals surface area contributed by atoms with Crippen LogP contribution >= 0.6 is 11.6 Å². The summed E-state index contributed by atoms with van der Waals surface area (Å²) < 4.78 is 5.70. The fourth-order valence-corrected chi connectivity index (χ4v) is 3.39. The van der Waals surface area contributed by atoms with E-state index in [-0.39, 0.29) is 17.3 Å². The fraction of sp³-hybridized carbons (Fsp3) is 0.250. The van der Waals surface area contributed by atoms with Crippen molar-refractivity contribution in [2.45, 2.75) is 33.1 Å². The maximum Gasteiger partial charge on any atom is 0.328 e. The molecule has 0 fully saturated rings. The van der Waals surface area contributed by atoms with Crippen molar-refractivity contribution in [2.24, 2.45) is 0 Å². The lowest BCUT2D eigenvalue weighted by Crippen LogP contribution is -2.43. The molecule has 0 saturated heterocycles. The van der Waals surface area contributed by atoms with Crippen LogP contribution in [-0.2, 0) is 0 Å². The molecule has 0 aliphatic heterocycles. The monoisotopic (exact) mass is 497 g/mol. The van der Waals surface area contributed by atoms with Crippen molar-refractivity contribution in [2.75, 3.05) is 11.4 Å². The summed E-state index contributed by atoms with van der Waals surface area (Å²) >= 11 is 5.80. The summed E-state index contributed by atoms with van der Waals surface area (Å²) in [6.07, 6.45) is 5.37. The molecule has 0 radical (unpaired) electrons. The Balaban J connectivity index is 1.82. The summed E-state index contributed by atoms with van der Waals surface area (Å²) in [6, 6.07) is 10.0. The van der Waals surface area contributed by atoms with E-state index < -0.39 is 16.9 Å². The molecular formula is C24H24ClN5O5. The third-order valence-electron chi connectivity index (χ3n) is 5.06. The molecule has 0 aliphatic rings. The van der Waals surface area contributed by atoms with Gasteiger partial charge in [0.05, 0.1) is 22.3 Å². The number of anilines is 1. The average molecular weight is 498 g/mol. The van der Waals surface area contributed by atoms with Gasteiger partial charge in [0, 0.05) is 18.3 Å². The molecule has 0 saturated carbocycles. The van der Waals surface area contributed by atoms with Gasteiger partial charge in [-0.2, -0.15) is 0 Å². The molecule has 3 amide bonds. The summed E-state index contributed by atoms with van der Waals surface area (Å²) in [7, 11) is 0. The number of carbonyl (C=O) groups is 2. The van der Waals surface area contributed by atoms with Crippen LogP contribution in [0, 0.1) is 17.0 Å². The van der Waals surface area contributed by atoms with E-state index >= 15 is 0 Å². The molecule has 0 bridgehead atoms. The van der Waals surface area contributed by atoms with Crippen LogP contribution in [0.4, 0.5) is 16.2 Å². The van der Waals surface area contributed by atoms with Gasteiger partial charge >= 0.3 is 12.0 Å². The largest absolute Gasteiger partial charge is 0.424 e. The van der Waals surface area contributed by atoms with E-state index in [1.54, 1.807) is 25.1 Å². The van der Waals surface area contributed by atoms with Gasteiger partial charge in [-0.1, -0.05) is 43.5 Å². The van der Waals surface area contributed by atoms with Gasteiger partial charge in [-0.05, 0) is 43.2 Å². The number of nitrogens with zero attached hydrogens (tertiary/aromatic N) is 4. The highest BCUT2D eigenvalue weighted by atomic mass is 35.5. The summed E-state index contributed by atoms with van der Waals surface area (Å²) in [5.41, 5.74) is 0.676. The lowest BCUT2D eigenvalue weighted by Gasteiger charge is -2.23. The SMILES string of the molecule is CCCCCN(C(=O)NC(=O)c1ccccc1[N+](=O)[O-])c1ccc(Oc2ncc(Cl)cn2)c(C)c1. The first-order chi connectivity index (χ1) is 16.8. The van der Waals surface area contributed by atoms with Crippen molar-refractivity contribution in [3.63, 3.8) is 0 Å². The number of urea groups is 1. The quantitative estimate of drug-likeness (QED) is 0.228. The van der Waals surface area contributed by atoms with Crippen molar-refractivity contribution < 1.29 is 19.2 Å². The van der Waals surface area contributed by atoms with Crippen molar-refractivity contribution >= 4 is 34.9 Å². The van der Waals surface area contributed by atoms with Gasteiger partial charge in [0.1, 0.15) is 11.3 Å². The smallest absolute Gasteiger partial charge is 0.328 e. The number of ether oxygens (including phenoxy) is 1. The maximum atomic E-state index is 13.1. The van der Waals surface area contributed by atoms with E-state index in [4.69, 9.17) is 16.3 Å².